The van der Waals surface area contributed by atoms with Gasteiger partial charge in [0.05, 0.1) is 0 Å². The molecule has 0 fully saturated rings. The summed E-state index contributed by atoms with van der Waals surface area (Å²) in [6.07, 6.45) is -5.22. The van der Waals surface area contributed by atoms with Crippen LogP contribution < -0.4 is 5.73 Å². The molecule has 2 rings (SSSR count). The molecule has 0 aromatic heterocycles. The van der Waals surface area contributed by atoms with Gasteiger partial charge in [-0.25, -0.2) is 22.0 Å². The van der Waals surface area contributed by atoms with Crippen molar-refractivity contribution in [2.24, 2.45) is 5.73 Å². The molecule has 0 aliphatic carbocycles. The third-order valence-electron chi connectivity index (χ3n) is 3.85. The highest BCUT2D eigenvalue weighted by atomic mass is 19.3. The molecule has 0 aliphatic rings. The fraction of sp³-hybridized carbons (Fsp3) is 0.235. The minimum atomic E-state index is -4.37. The van der Waals surface area contributed by atoms with Crippen molar-refractivity contribution in [3.63, 3.8) is 0 Å². The van der Waals surface area contributed by atoms with Crippen LogP contribution in [0.15, 0.2) is 48.5 Å². The van der Waals surface area contributed by atoms with E-state index in [1.54, 1.807) is 0 Å². The molecule has 134 valence electrons. The number of carbonyl (C=O) groups excluding carboxylic acids is 1. The van der Waals surface area contributed by atoms with Gasteiger partial charge in [0.2, 0.25) is 11.5 Å². The predicted octanol–water partition coefficient (Wildman–Crippen LogP) is 3.26. The fourth-order valence-corrected chi connectivity index (χ4v) is 2.49. The molecule has 3 N–H and O–H groups in total. The van der Waals surface area contributed by atoms with Crippen LogP contribution in [0.4, 0.5) is 22.0 Å². The molecule has 2 aromatic rings. The lowest BCUT2D eigenvalue weighted by molar-refractivity contribution is -0.244. The van der Waals surface area contributed by atoms with Crippen molar-refractivity contribution in [3.05, 3.63) is 71.0 Å². The van der Waals surface area contributed by atoms with Crippen molar-refractivity contribution in [2.45, 2.75) is 24.4 Å². The van der Waals surface area contributed by atoms with Crippen LogP contribution in [0, 0.1) is 5.82 Å². The average molecular weight is 359 g/mol. The Morgan fingerprint density at radius 3 is 2.16 bits per heavy atom. The van der Waals surface area contributed by atoms with Crippen LogP contribution in [0.2, 0.25) is 0 Å². The van der Waals surface area contributed by atoms with Gasteiger partial charge in [-0.15, -0.1) is 0 Å². The number of benzene rings is 2. The van der Waals surface area contributed by atoms with E-state index in [1.165, 1.54) is 18.2 Å². The third kappa shape index (κ3) is 3.48. The zero-order chi connectivity index (χ0) is 18.8. The number of rotatable bonds is 6. The van der Waals surface area contributed by atoms with E-state index in [4.69, 9.17) is 5.73 Å². The first-order chi connectivity index (χ1) is 11.6. The number of amides is 1. The van der Waals surface area contributed by atoms with Crippen molar-refractivity contribution in [2.75, 3.05) is 0 Å². The maximum atomic E-state index is 14.7. The first-order valence-electron chi connectivity index (χ1n) is 7.11. The standard InChI is InChI=1S/C17H14F5NO2/c18-12-7-5-11(6-8-12)17(25,15(19)20)16(21,22)9-10-3-1-2-4-13(10)14(23)24/h1-8,15,25H,9H2,(H2,23,24). The van der Waals surface area contributed by atoms with Crippen LogP contribution in [-0.4, -0.2) is 23.4 Å². The lowest BCUT2D eigenvalue weighted by Gasteiger charge is -2.36. The molecule has 8 heteroatoms. The van der Waals surface area contributed by atoms with Crippen molar-refractivity contribution in [1.29, 1.82) is 0 Å². The summed E-state index contributed by atoms with van der Waals surface area (Å²) in [6, 6.07) is 7.72. The number of halogens is 5. The SMILES string of the molecule is NC(=O)c1ccccc1CC(F)(F)C(O)(c1ccc(F)cc1)C(F)F. The van der Waals surface area contributed by atoms with Crippen molar-refractivity contribution in [1.82, 2.24) is 0 Å². The summed E-state index contributed by atoms with van der Waals surface area (Å²) in [7, 11) is 0. The molecule has 0 saturated heterocycles. The highest BCUT2D eigenvalue weighted by molar-refractivity contribution is 5.94. The van der Waals surface area contributed by atoms with Crippen LogP contribution in [0.5, 0.6) is 0 Å². The summed E-state index contributed by atoms with van der Waals surface area (Å²) < 4.78 is 69.1. The number of nitrogens with two attached hydrogens (primary N) is 1. The van der Waals surface area contributed by atoms with E-state index in [9.17, 15) is 31.9 Å². The Balaban J connectivity index is 2.50. The van der Waals surface area contributed by atoms with E-state index in [0.717, 1.165) is 6.07 Å². The van der Waals surface area contributed by atoms with Crippen LogP contribution in [0.1, 0.15) is 21.5 Å². The average Bonchev–Trinajstić information content (AvgIpc) is 2.54. The molecule has 0 spiro atoms. The number of aliphatic hydroxyl groups is 1. The third-order valence-corrected chi connectivity index (χ3v) is 3.85. The summed E-state index contributed by atoms with van der Waals surface area (Å²) in [4.78, 5) is 11.3. The van der Waals surface area contributed by atoms with Crippen molar-refractivity contribution < 1.29 is 31.9 Å². The van der Waals surface area contributed by atoms with Gasteiger partial charge in [-0.1, -0.05) is 30.3 Å². The van der Waals surface area contributed by atoms with Gasteiger partial charge in [0.25, 0.3) is 12.3 Å². The van der Waals surface area contributed by atoms with Gasteiger partial charge in [0.1, 0.15) is 5.82 Å². The summed E-state index contributed by atoms with van der Waals surface area (Å²) in [5, 5.41) is 10.1. The Morgan fingerprint density at radius 1 is 1.08 bits per heavy atom. The number of hydrogen-bond donors (Lipinski definition) is 2. The number of primary amides is 1. The van der Waals surface area contributed by atoms with E-state index in [-0.39, 0.29) is 11.1 Å². The van der Waals surface area contributed by atoms with Gasteiger partial charge in [-0.05, 0) is 29.3 Å². The summed E-state index contributed by atoms with van der Waals surface area (Å²) in [5.41, 5.74) is -0.174. The molecule has 2 aromatic carbocycles. The quantitative estimate of drug-likeness (QED) is 0.778. The smallest absolute Gasteiger partial charge is 0.290 e. The number of carbonyl (C=O) groups is 1. The minimum Gasteiger partial charge on any atom is -0.374 e. The first-order valence-corrected chi connectivity index (χ1v) is 7.11. The van der Waals surface area contributed by atoms with Crippen molar-refractivity contribution in [3.8, 4) is 0 Å². The lowest BCUT2D eigenvalue weighted by Crippen LogP contribution is -2.52. The number of alkyl halides is 4. The van der Waals surface area contributed by atoms with Gasteiger partial charge in [-0.2, -0.15) is 0 Å². The van der Waals surface area contributed by atoms with Crippen LogP contribution in [0.3, 0.4) is 0 Å². The van der Waals surface area contributed by atoms with Crippen LogP contribution >= 0.6 is 0 Å². The van der Waals surface area contributed by atoms with Gasteiger partial charge in [0, 0.05) is 12.0 Å². The molecule has 0 bridgehead atoms. The molecule has 25 heavy (non-hydrogen) atoms. The molecule has 1 unspecified atom stereocenters. The summed E-state index contributed by atoms with van der Waals surface area (Å²) in [5.74, 6) is -6.21. The topological polar surface area (TPSA) is 63.3 Å². The summed E-state index contributed by atoms with van der Waals surface area (Å²) >= 11 is 0. The maximum Gasteiger partial charge on any atom is 0.290 e. The molecule has 1 amide bonds. The van der Waals surface area contributed by atoms with Gasteiger partial charge in [-0.3, -0.25) is 4.79 Å². The lowest BCUT2D eigenvalue weighted by atomic mass is 9.83. The molecule has 3 nitrogen and oxygen atoms in total. The van der Waals surface area contributed by atoms with Crippen molar-refractivity contribution >= 4 is 5.91 Å². The van der Waals surface area contributed by atoms with E-state index in [2.05, 4.69) is 0 Å². The normalized spacial score (nSPS) is 14.4. The highest BCUT2D eigenvalue weighted by Crippen LogP contribution is 2.44. The van der Waals surface area contributed by atoms with Gasteiger partial charge in [0.15, 0.2) is 0 Å². The molecule has 0 aliphatic heterocycles. The molecule has 0 saturated carbocycles. The van der Waals surface area contributed by atoms with E-state index in [0.29, 0.717) is 24.3 Å². The molecule has 0 radical (unpaired) electrons. The number of hydrogen-bond acceptors (Lipinski definition) is 2. The van der Waals surface area contributed by atoms with E-state index >= 15 is 0 Å². The van der Waals surface area contributed by atoms with Gasteiger partial charge < -0.3 is 10.8 Å². The van der Waals surface area contributed by atoms with Crippen LogP contribution in [0.25, 0.3) is 0 Å². The first kappa shape index (κ1) is 18.9. The van der Waals surface area contributed by atoms with E-state index in [1.807, 2.05) is 0 Å². The Morgan fingerprint density at radius 2 is 1.64 bits per heavy atom. The largest absolute Gasteiger partial charge is 0.374 e. The minimum absolute atomic E-state index is 0.266. The maximum absolute atomic E-state index is 14.7. The second kappa shape index (κ2) is 6.79. The Hall–Kier alpha value is -2.48. The second-order valence-electron chi connectivity index (χ2n) is 5.48. The highest BCUT2D eigenvalue weighted by Gasteiger charge is 2.60. The molecule has 1 atom stereocenters. The molecular weight excluding hydrogens is 345 g/mol. The predicted molar refractivity (Wildman–Crippen MR) is 79.9 cm³/mol. The monoisotopic (exact) mass is 359 g/mol. The fourth-order valence-electron chi connectivity index (χ4n) is 2.49. The second-order valence-corrected chi connectivity index (χ2v) is 5.48. The molecular formula is C17H14F5NO2. The Kier molecular flexibility index (Phi) is 5.12. The summed E-state index contributed by atoms with van der Waals surface area (Å²) in [6.45, 7) is 0. The zero-order valence-electron chi connectivity index (χ0n) is 12.7. The zero-order valence-corrected chi connectivity index (χ0v) is 12.7. The Labute approximate surface area is 139 Å². The van der Waals surface area contributed by atoms with Crippen LogP contribution in [-0.2, 0) is 12.0 Å². The van der Waals surface area contributed by atoms with E-state index < -0.39 is 41.7 Å². The van der Waals surface area contributed by atoms with Gasteiger partial charge >= 0.3 is 0 Å². The molecule has 0 heterocycles. The Bertz CT molecular complexity index is 764.